The molecule has 2 aromatic rings. The molecule has 0 radical (unpaired) electrons. The van der Waals surface area contributed by atoms with Crippen LogP contribution in [0.4, 0.5) is 4.39 Å². The number of methoxy groups -OCH3 is 1. The highest BCUT2D eigenvalue weighted by Gasteiger charge is 2.45. The summed E-state index contributed by atoms with van der Waals surface area (Å²) in [6.07, 6.45) is 0.458. The molecule has 8 nitrogen and oxygen atoms in total. The van der Waals surface area contributed by atoms with Crippen molar-refractivity contribution < 1.29 is 32.2 Å². The largest absolute Gasteiger partial charge is 0.507 e. The number of sulfonamides is 1. The number of benzene rings is 2. The summed E-state index contributed by atoms with van der Waals surface area (Å²) in [6.45, 7) is 4.65. The summed E-state index contributed by atoms with van der Waals surface area (Å²) in [5.74, 6) is -2.56. The van der Waals surface area contributed by atoms with Crippen molar-refractivity contribution in [3.05, 3.63) is 71.0 Å². The number of hydrogen-bond acceptors (Lipinski definition) is 6. The Morgan fingerprint density at radius 2 is 1.66 bits per heavy atom. The molecule has 1 aliphatic heterocycles. The van der Waals surface area contributed by atoms with Gasteiger partial charge in [-0.1, -0.05) is 26.0 Å². The SMILES string of the molecule is CCN(CC)S(=O)(=O)c1ccc(/C(O)=C2\C(=O)C(=O)N(CCCOC)C2c2ccc(F)cc2)cc1. The van der Waals surface area contributed by atoms with Crippen molar-refractivity contribution in [1.29, 1.82) is 0 Å². The maximum atomic E-state index is 13.6. The fraction of sp³-hybridized carbons (Fsp3) is 0.360. The first-order chi connectivity index (χ1) is 16.7. The van der Waals surface area contributed by atoms with E-state index < -0.39 is 39.3 Å². The van der Waals surface area contributed by atoms with E-state index in [2.05, 4.69) is 0 Å². The van der Waals surface area contributed by atoms with Crippen molar-refractivity contribution in [1.82, 2.24) is 9.21 Å². The Hall–Kier alpha value is -3.08. The molecule has 1 heterocycles. The van der Waals surface area contributed by atoms with Gasteiger partial charge < -0.3 is 14.7 Å². The van der Waals surface area contributed by atoms with Crippen LogP contribution in [-0.4, -0.2) is 67.8 Å². The first-order valence-electron chi connectivity index (χ1n) is 11.3. The van der Waals surface area contributed by atoms with Crippen LogP contribution in [0.3, 0.4) is 0 Å². The van der Waals surface area contributed by atoms with Crippen molar-refractivity contribution in [2.75, 3.05) is 33.4 Å². The van der Waals surface area contributed by atoms with Gasteiger partial charge in [0.2, 0.25) is 10.0 Å². The molecule has 2 aromatic carbocycles. The lowest BCUT2D eigenvalue weighted by molar-refractivity contribution is -0.140. The Morgan fingerprint density at radius 3 is 2.20 bits per heavy atom. The van der Waals surface area contributed by atoms with E-state index in [4.69, 9.17) is 4.74 Å². The standard InChI is InChI=1S/C25H29FN2O6S/c1-4-27(5-2)35(32,33)20-13-9-18(10-14-20)23(29)21-22(17-7-11-19(26)12-8-17)28(15-6-16-34-3)25(31)24(21)30/h7-14,22,29H,4-6,15-16H2,1-3H3/b23-21+. The number of ketones is 1. The number of amides is 1. The van der Waals surface area contributed by atoms with E-state index in [-0.39, 0.29) is 22.6 Å². The number of carbonyl (C=O) groups excluding carboxylic acids is 2. The van der Waals surface area contributed by atoms with Gasteiger partial charge in [0.1, 0.15) is 11.6 Å². The summed E-state index contributed by atoms with van der Waals surface area (Å²) in [6, 6.07) is 9.93. The molecule has 0 bridgehead atoms. The predicted octanol–water partition coefficient (Wildman–Crippen LogP) is 3.31. The molecule has 1 fully saturated rings. The third-order valence-corrected chi connectivity index (χ3v) is 8.01. The Balaban J connectivity index is 2.07. The molecule has 0 aliphatic carbocycles. The van der Waals surface area contributed by atoms with Crippen molar-refractivity contribution >= 4 is 27.5 Å². The number of Topliss-reactive ketones (excluding diaryl/α,β-unsaturated/α-hetero) is 1. The van der Waals surface area contributed by atoms with Crippen molar-refractivity contribution in [3.8, 4) is 0 Å². The maximum Gasteiger partial charge on any atom is 0.295 e. The third kappa shape index (κ3) is 5.29. The molecule has 1 atom stereocenters. The first-order valence-corrected chi connectivity index (χ1v) is 12.7. The zero-order chi connectivity index (χ0) is 25.8. The number of nitrogens with zero attached hydrogens (tertiary/aromatic N) is 2. The summed E-state index contributed by atoms with van der Waals surface area (Å²) < 4.78 is 45.4. The topological polar surface area (TPSA) is 104 Å². The number of carbonyl (C=O) groups is 2. The second-order valence-corrected chi connectivity index (χ2v) is 9.94. The highest BCUT2D eigenvalue weighted by atomic mass is 32.2. The predicted molar refractivity (Wildman–Crippen MR) is 128 cm³/mol. The highest BCUT2D eigenvalue weighted by Crippen LogP contribution is 2.39. The van der Waals surface area contributed by atoms with E-state index >= 15 is 0 Å². The van der Waals surface area contributed by atoms with Crippen LogP contribution in [0, 0.1) is 5.82 Å². The van der Waals surface area contributed by atoms with Crippen LogP contribution in [0.1, 0.15) is 37.4 Å². The molecule has 1 aliphatic rings. The molecule has 1 unspecified atom stereocenters. The lowest BCUT2D eigenvalue weighted by atomic mass is 9.95. The highest BCUT2D eigenvalue weighted by molar-refractivity contribution is 7.89. The van der Waals surface area contributed by atoms with Crippen LogP contribution < -0.4 is 0 Å². The number of ether oxygens (including phenoxy) is 1. The van der Waals surface area contributed by atoms with Gasteiger partial charge in [-0.05, 0) is 48.4 Å². The van der Waals surface area contributed by atoms with Gasteiger partial charge in [-0.3, -0.25) is 9.59 Å². The van der Waals surface area contributed by atoms with E-state index in [1.807, 2.05) is 0 Å². The van der Waals surface area contributed by atoms with E-state index in [0.717, 1.165) is 0 Å². The number of hydrogen-bond donors (Lipinski definition) is 1. The minimum absolute atomic E-state index is 0.0489. The summed E-state index contributed by atoms with van der Waals surface area (Å²) >= 11 is 0. The number of halogens is 1. The smallest absolute Gasteiger partial charge is 0.295 e. The van der Waals surface area contributed by atoms with Gasteiger partial charge in [-0.2, -0.15) is 4.31 Å². The second kappa shape index (κ2) is 11.1. The normalized spacial score (nSPS) is 18.0. The Morgan fingerprint density at radius 1 is 1.06 bits per heavy atom. The molecular formula is C25H29FN2O6S. The van der Waals surface area contributed by atoms with Crippen molar-refractivity contribution in [2.24, 2.45) is 0 Å². The van der Waals surface area contributed by atoms with Gasteiger partial charge in [0, 0.05) is 38.9 Å². The average molecular weight is 505 g/mol. The molecule has 1 saturated heterocycles. The molecule has 0 aromatic heterocycles. The van der Waals surface area contributed by atoms with E-state index in [0.29, 0.717) is 31.7 Å². The van der Waals surface area contributed by atoms with Gasteiger partial charge in [0.05, 0.1) is 16.5 Å². The first kappa shape index (κ1) is 26.5. The summed E-state index contributed by atoms with van der Waals surface area (Å²) in [4.78, 5) is 27.2. The van der Waals surface area contributed by atoms with Gasteiger partial charge in [0.25, 0.3) is 11.7 Å². The summed E-state index contributed by atoms with van der Waals surface area (Å²) in [5.41, 5.74) is 0.508. The zero-order valence-electron chi connectivity index (χ0n) is 19.9. The number of aliphatic hydroxyl groups excluding tert-OH is 1. The Kier molecular flexibility index (Phi) is 8.42. The van der Waals surface area contributed by atoms with Gasteiger partial charge in [0.15, 0.2) is 0 Å². The zero-order valence-corrected chi connectivity index (χ0v) is 20.7. The molecule has 188 valence electrons. The monoisotopic (exact) mass is 504 g/mol. The summed E-state index contributed by atoms with van der Waals surface area (Å²) in [5, 5.41) is 11.1. The fourth-order valence-electron chi connectivity index (χ4n) is 4.13. The van der Waals surface area contributed by atoms with E-state index in [9.17, 15) is 27.5 Å². The van der Waals surface area contributed by atoms with Crippen molar-refractivity contribution in [2.45, 2.75) is 31.2 Å². The summed E-state index contributed by atoms with van der Waals surface area (Å²) in [7, 11) is -2.18. The van der Waals surface area contributed by atoms with Crippen LogP contribution in [0.25, 0.3) is 5.76 Å². The van der Waals surface area contributed by atoms with Crippen LogP contribution in [-0.2, 0) is 24.3 Å². The Bertz CT molecular complexity index is 1210. The second-order valence-electron chi connectivity index (χ2n) is 8.00. The lowest BCUT2D eigenvalue weighted by Crippen LogP contribution is -2.31. The fourth-order valence-corrected chi connectivity index (χ4v) is 5.59. The van der Waals surface area contributed by atoms with Crippen LogP contribution in [0.5, 0.6) is 0 Å². The number of aliphatic hydroxyl groups is 1. The van der Waals surface area contributed by atoms with Gasteiger partial charge in [-0.15, -0.1) is 0 Å². The molecular weight excluding hydrogens is 475 g/mol. The molecule has 1 amide bonds. The van der Waals surface area contributed by atoms with E-state index in [1.165, 1.54) is 64.8 Å². The molecule has 0 spiro atoms. The van der Waals surface area contributed by atoms with Crippen LogP contribution in [0.15, 0.2) is 59.0 Å². The Labute approximate surface area is 204 Å². The van der Waals surface area contributed by atoms with Crippen LogP contribution >= 0.6 is 0 Å². The van der Waals surface area contributed by atoms with Gasteiger partial charge in [-0.25, -0.2) is 12.8 Å². The van der Waals surface area contributed by atoms with Crippen molar-refractivity contribution in [3.63, 3.8) is 0 Å². The molecule has 3 rings (SSSR count). The van der Waals surface area contributed by atoms with E-state index in [1.54, 1.807) is 13.8 Å². The molecule has 1 N–H and O–H groups in total. The third-order valence-electron chi connectivity index (χ3n) is 5.94. The average Bonchev–Trinajstić information content (AvgIpc) is 3.10. The van der Waals surface area contributed by atoms with Gasteiger partial charge >= 0.3 is 0 Å². The lowest BCUT2D eigenvalue weighted by Gasteiger charge is -2.25. The molecule has 10 heteroatoms. The maximum absolute atomic E-state index is 13.6. The van der Waals surface area contributed by atoms with Crippen LogP contribution in [0.2, 0.25) is 0 Å². The number of likely N-dealkylation sites (tertiary alicyclic amines) is 1. The molecule has 35 heavy (non-hydrogen) atoms. The quantitative estimate of drug-likeness (QED) is 0.230. The minimum atomic E-state index is -3.70. The molecule has 0 saturated carbocycles. The number of rotatable bonds is 10. The minimum Gasteiger partial charge on any atom is -0.507 e.